The number of aromatic nitrogens is 2. The van der Waals surface area contributed by atoms with E-state index in [0.717, 1.165) is 49.5 Å². The molecule has 8 nitrogen and oxygen atoms in total. The lowest BCUT2D eigenvalue weighted by molar-refractivity contribution is -0.119. The zero-order valence-corrected chi connectivity index (χ0v) is 27.4. The monoisotopic (exact) mass is 633 g/mol. The van der Waals surface area contributed by atoms with E-state index in [9.17, 15) is 23.1 Å². The van der Waals surface area contributed by atoms with Crippen molar-refractivity contribution >= 4 is 36.5 Å². The smallest absolute Gasteiger partial charge is 0.414 e. The second kappa shape index (κ2) is 12.2. The Morgan fingerprint density at radius 2 is 1.73 bits per heavy atom. The van der Waals surface area contributed by atoms with Gasteiger partial charge in [0, 0.05) is 37.4 Å². The average molecular weight is 634 g/mol. The normalized spacial score (nSPS) is 24.2. The van der Waals surface area contributed by atoms with Crippen LogP contribution in [0.4, 0.5) is 24.5 Å². The highest BCUT2D eigenvalue weighted by Gasteiger charge is 2.44. The van der Waals surface area contributed by atoms with Crippen molar-refractivity contribution in [1.82, 2.24) is 9.78 Å². The van der Waals surface area contributed by atoms with E-state index >= 15 is 0 Å². The van der Waals surface area contributed by atoms with Gasteiger partial charge in [0.05, 0.1) is 22.9 Å². The lowest BCUT2D eigenvalue weighted by atomic mass is 9.87. The van der Waals surface area contributed by atoms with E-state index in [1.54, 1.807) is 6.07 Å². The minimum Gasteiger partial charge on any atom is -0.414 e. The molecule has 1 atom stereocenters. The Morgan fingerprint density at radius 3 is 2.30 bits per heavy atom. The summed E-state index contributed by atoms with van der Waals surface area (Å²) in [6, 6.07) is 2.44. The van der Waals surface area contributed by atoms with Crippen LogP contribution in [0.1, 0.15) is 65.3 Å². The van der Waals surface area contributed by atoms with Gasteiger partial charge in [-0.2, -0.15) is 18.3 Å². The zero-order valence-electron chi connectivity index (χ0n) is 26.4. The number of piperidine rings is 1. The number of hydrogen-bond donors (Lipinski definition) is 2. The van der Waals surface area contributed by atoms with Gasteiger partial charge in [0.25, 0.3) is 0 Å². The van der Waals surface area contributed by atoms with Crippen LogP contribution in [0.5, 0.6) is 0 Å². The first kappa shape index (κ1) is 32.6. The summed E-state index contributed by atoms with van der Waals surface area (Å²) in [5.41, 5.74) is 6.32. The number of primary amides is 1. The van der Waals surface area contributed by atoms with Crippen molar-refractivity contribution in [1.29, 1.82) is 0 Å². The van der Waals surface area contributed by atoms with Gasteiger partial charge >= 0.3 is 6.18 Å². The number of benzene rings is 1. The predicted octanol–water partition coefficient (Wildman–Crippen LogP) is 6.43. The molecule has 242 valence electrons. The fourth-order valence-corrected chi connectivity index (χ4v) is 7.82. The number of hydrogen-bond acceptors (Lipinski definition) is 6. The quantitative estimate of drug-likeness (QED) is 0.342. The molecule has 1 aromatic carbocycles. The molecule has 2 fully saturated rings. The Hall–Kier alpha value is -2.83. The highest BCUT2D eigenvalue weighted by atomic mass is 28.4. The van der Waals surface area contributed by atoms with Gasteiger partial charge < -0.3 is 25.1 Å². The molecule has 3 heterocycles. The molecule has 1 unspecified atom stereocenters. The van der Waals surface area contributed by atoms with E-state index in [0.29, 0.717) is 35.6 Å². The number of aliphatic hydroxyl groups excluding tert-OH is 1. The number of carbonyl (C=O) groups excluding carboxylic acids is 1. The lowest BCUT2D eigenvalue weighted by Gasteiger charge is -2.43. The van der Waals surface area contributed by atoms with Crippen LogP contribution >= 0.6 is 0 Å². The molecule has 1 aromatic heterocycles. The van der Waals surface area contributed by atoms with Crippen molar-refractivity contribution in [3.05, 3.63) is 42.3 Å². The lowest BCUT2D eigenvalue weighted by Crippen LogP contribution is -2.49. The molecule has 3 N–H and O–H groups in total. The molecule has 0 radical (unpaired) electrons. The number of alkyl halides is 3. The Bertz CT molecular complexity index is 1410. The minimum atomic E-state index is -4.70. The Morgan fingerprint density at radius 1 is 1.07 bits per heavy atom. The van der Waals surface area contributed by atoms with Crippen LogP contribution in [0.2, 0.25) is 18.1 Å². The van der Waals surface area contributed by atoms with E-state index in [4.69, 9.17) is 15.3 Å². The van der Waals surface area contributed by atoms with Crippen LogP contribution in [0, 0.1) is 5.92 Å². The number of aliphatic hydroxyl groups is 1. The molecule has 1 amide bonds. The molecule has 1 saturated carbocycles. The summed E-state index contributed by atoms with van der Waals surface area (Å²) in [5, 5.41) is 15.2. The molecule has 3 aliphatic rings. The van der Waals surface area contributed by atoms with Crippen molar-refractivity contribution < 1.29 is 27.5 Å². The first-order valence-corrected chi connectivity index (χ1v) is 18.6. The first-order chi connectivity index (χ1) is 20.6. The maximum absolute atomic E-state index is 14.5. The highest BCUT2D eigenvalue weighted by molar-refractivity contribution is 6.74. The molecule has 0 bridgehead atoms. The van der Waals surface area contributed by atoms with E-state index in [2.05, 4.69) is 38.8 Å². The second-order valence-corrected chi connectivity index (χ2v) is 18.8. The van der Waals surface area contributed by atoms with E-state index in [1.807, 2.05) is 16.9 Å². The van der Waals surface area contributed by atoms with Crippen LogP contribution in [-0.4, -0.2) is 67.1 Å². The standard InChI is InChI=1S/C32H46F3N5O3Si/c1-31(2,3)44(4,5)43-24-13-15-38(16-14-24)27-18-25-22(19-39(37-25)23-11-9-21(20-41)10-12-23)17-28(27)40-26(30(36)42)7-6-8-29(40)32(33,34)35/h6-8,17-19,21,23-24,26,41H,9-16,20H2,1-5H3,(H2,36,42). The van der Waals surface area contributed by atoms with E-state index in [-0.39, 0.29) is 29.5 Å². The van der Waals surface area contributed by atoms with Crippen molar-refractivity contribution in [2.75, 3.05) is 29.5 Å². The number of halogens is 3. The van der Waals surface area contributed by atoms with Gasteiger partial charge in [-0.15, -0.1) is 0 Å². The van der Waals surface area contributed by atoms with Crippen LogP contribution in [0.3, 0.4) is 0 Å². The van der Waals surface area contributed by atoms with Crippen molar-refractivity contribution in [3.63, 3.8) is 0 Å². The minimum absolute atomic E-state index is 0.0738. The van der Waals surface area contributed by atoms with Crippen molar-refractivity contribution in [2.24, 2.45) is 11.7 Å². The summed E-state index contributed by atoms with van der Waals surface area (Å²) in [7, 11) is -1.99. The Balaban J connectivity index is 1.53. The van der Waals surface area contributed by atoms with E-state index < -0.39 is 32.1 Å². The van der Waals surface area contributed by atoms with E-state index in [1.165, 1.54) is 12.2 Å². The summed E-state index contributed by atoms with van der Waals surface area (Å²) in [4.78, 5) is 15.7. The zero-order chi connectivity index (χ0) is 32.0. The average Bonchev–Trinajstić information content (AvgIpc) is 3.38. The fourth-order valence-electron chi connectivity index (χ4n) is 6.40. The SMILES string of the molecule is CC(C)(C)[Si](C)(C)OC1CCN(c2cc3nn(C4CCC(CO)CC4)cc3cc2N2C(C(F)(F)F)=CC=CC2C(N)=O)CC1. The molecule has 2 aromatic rings. The largest absolute Gasteiger partial charge is 0.431 e. The fraction of sp³-hybridized carbons (Fsp3) is 0.625. The number of fused-ring (bicyclic) bond motifs is 1. The van der Waals surface area contributed by atoms with Crippen LogP contribution < -0.4 is 15.5 Å². The summed E-state index contributed by atoms with van der Waals surface area (Å²) >= 11 is 0. The maximum Gasteiger partial charge on any atom is 0.431 e. The van der Waals surface area contributed by atoms with Crippen molar-refractivity contribution in [3.8, 4) is 0 Å². The summed E-state index contributed by atoms with van der Waals surface area (Å²) < 4.78 is 52.0. The molecular weight excluding hydrogens is 587 g/mol. The molecule has 44 heavy (non-hydrogen) atoms. The number of nitrogens with zero attached hydrogens (tertiary/aromatic N) is 4. The van der Waals surface area contributed by atoms with Crippen LogP contribution in [0.15, 0.2) is 42.3 Å². The van der Waals surface area contributed by atoms with Gasteiger partial charge in [-0.3, -0.25) is 9.48 Å². The number of rotatable bonds is 7. The molecular formula is C32H46F3N5O3Si. The number of nitrogens with two attached hydrogens (primary N) is 1. The predicted molar refractivity (Wildman–Crippen MR) is 170 cm³/mol. The molecule has 12 heteroatoms. The van der Waals surface area contributed by atoms with Gasteiger partial charge in [-0.1, -0.05) is 32.9 Å². The first-order valence-electron chi connectivity index (χ1n) is 15.7. The van der Waals surface area contributed by atoms with Gasteiger partial charge in [-0.25, -0.2) is 0 Å². The van der Waals surface area contributed by atoms with Gasteiger partial charge in [0.2, 0.25) is 5.91 Å². The third-order valence-electron chi connectivity index (χ3n) is 10.0. The molecule has 1 aliphatic carbocycles. The maximum atomic E-state index is 14.5. The Kier molecular flexibility index (Phi) is 9.00. The van der Waals surface area contributed by atoms with Gasteiger partial charge in [-0.05, 0) is 80.8 Å². The third kappa shape index (κ3) is 6.57. The molecule has 5 rings (SSSR count). The van der Waals surface area contributed by atoms with Crippen molar-refractivity contribution in [2.45, 2.75) is 102 Å². The summed E-state index contributed by atoms with van der Waals surface area (Å²) in [6.07, 6.45) is 5.97. The Labute approximate surface area is 258 Å². The molecule has 0 spiro atoms. The number of allylic oxidation sites excluding steroid dienone is 3. The summed E-state index contributed by atoms with van der Waals surface area (Å²) in [5.74, 6) is -0.566. The molecule has 1 saturated heterocycles. The number of amides is 1. The number of anilines is 2. The second-order valence-electron chi connectivity index (χ2n) is 14.1. The number of carbonyl (C=O) groups is 1. The topological polar surface area (TPSA) is 96.8 Å². The van der Waals surface area contributed by atoms with Gasteiger partial charge in [0.15, 0.2) is 8.32 Å². The molecule has 2 aliphatic heterocycles. The highest BCUT2D eigenvalue weighted by Crippen LogP contribution is 2.44. The van der Waals surface area contributed by atoms with Gasteiger partial charge in [0.1, 0.15) is 11.7 Å². The summed E-state index contributed by atoms with van der Waals surface area (Å²) in [6.45, 7) is 12.5. The third-order valence-corrected chi connectivity index (χ3v) is 14.6. The van der Waals surface area contributed by atoms with Crippen LogP contribution in [0.25, 0.3) is 10.9 Å². The van der Waals surface area contributed by atoms with Crippen LogP contribution in [-0.2, 0) is 9.22 Å².